The quantitative estimate of drug-likeness (QED) is 0.556. The van der Waals surface area contributed by atoms with Crippen LogP contribution in [0.5, 0.6) is 0 Å². The largest absolute Gasteiger partial charge is 0.329 e. The highest BCUT2D eigenvalue weighted by Gasteiger charge is 2.21. The third-order valence-electron chi connectivity index (χ3n) is 1.64. The summed E-state index contributed by atoms with van der Waals surface area (Å²) in [6.45, 7) is 9.80. The lowest BCUT2D eigenvalue weighted by molar-refractivity contribution is -0.117. The molecule has 0 aliphatic carbocycles. The van der Waals surface area contributed by atoms with Crippen molar-refractivity contribution in [3.8, 4) is 0 Å². The van der Waals surface area contributed by atoms with Gasteiger partial charge in [-0.05, 0) is 0 Å². The first-order valence-corrected chi connectivity index (χ1v) is 7.47. The average molecular weight is 252 g/mol. The van der Waals surface area contributed by atoms with E-state index in [-0.39, 0.29) is 16.2 Å². The molecule has 90 valence electrons. The second-order valence-corrected chi connectivity index (χ2v) is 7.86. The fraction of sp³-hybridized carbons (Fsp3) is 0.900. The smallest absolute Gasteiger partial charge is 0.194 e. The van der Waals surface area contributed by atoms with Crippen LogP contribution < -0.4 is 0 Å². The SMILES string of the molecule is CC(C)[PH](=O)OCCSC(=O)C(C)(C)C. The first-order valence-electron chi connectivity index (χ1n) is 5.09. The molecule has 0 aliphatic rings. The molecule has 0 aromatic heterocycles. The van der Waals surface area contributed by atoms with Crippen LogP contribution in [0.15, 0.2) is 0 Å². The molecule has 5 heteroatoms. The van der Waals surface area contributed by atoms with E-state index in [9.17, 15) is 9.36 Å². The molecule has 0 aromatic carbocycles. The molecule has 15 heavy (non-hydrogen) atoms. The summed E-state index contributed by atoms with van der Waals surface area (Å²) in [5.41, 5.74) is -0.230. The zero-order valence-electron chi connectivity index (χ0n) is 10.1. The average Bonchev–Trinajstić information content (AvgIpc) is 2.09. The fourth-order valence-corrected chi connectivity index (χ4v) is 2.23. The van der Waals surface area contributed by atoms with Gasteiger partial charge in [-0.15, -0.1) is 0 Å². The van der Waals surface area contributed by atoms with Crippen molar-refractivity contribution in [1.82, 2.24) is 0 Å². The molecule has 0 spiro atoms. The molecule has 0 N–H and O–H groups in total. The van der Waals surface area contributed by atoms with Gasteiger partial charge in [-0.1, -0.05) is 46.4 Å². The number of carbonyl (C=O) groups excluding carboxylic acids is 1. The summed E-state index contributed by atoms with van der Waals surface area (Å²) < 4.78 is 16.4. The Morgan fingerprint density at radius 2 is 1.93 bits per heavy atom. The van der Waals surface area contributed by atoms with E-state index in [0.29, 0.717) is 12.4 Å². The molecule has 0 heterocycles. The van der Waals surface area contributed by atoms with Crippen molar-refractivity contribution in [2.45, 2.75) is 40.3 Å². The highest BCUT2D eigenvalue weighted by Crippen LogP contribution is 2.29. The van der Waals surface area contributed by atoms with Gasteiger partial charge in [0, 0.05) is 16.8 Å². The van der Waals surface area contributed by atoms with Gasteiger partial charge in [0.25, 0.3) is 0 Å². The van der Waals surface area contributed by atoms with Crippen molar-refractivity contribution in [3.63, 3.8) is 0 Å². The van der Waals surface area contributed by atoms with E-state index in [4.69, 9.17) is 4.52 Å². The molecule has 0 saturated heterocycles. The Morgan fingerprint density at radius 1 is 1.40 bits per heavy atom. The van der Waals surface area contributed by atoms with Gasteiger partial charge in [-0.2, -0.15) is 0 Å². The minimum atomic E-state index is -1.91. The Kier molecular flexibility index (Phi) is 6.81. The Hall–Kier alpha value is 0.210. The molecule has 0 bridgehead atoms. The topological polar surface area (TPSA) is 43.4 Å². The lowest BCUT2D eigenvalue weighted by Gasteiger charge is -2.15. The van der Waals surface area contributed by atoms with E-state index < -0.39 is 8.03 Å². The summed E-state index contributed by atoms with van der Waals surface area (Å²) in [5.74, 6) is 0.583. The van der Waals surface area contributed by atoms with Crippen LogP contribution >= 0.6 is 19.8 Å². The zero-order valence-corrected chi connectivity index (χ0v) is 11.9. The molecule has 0 fully saturated rings. The second-order valence-electron chi connectivity index (χ2n) is 4.71. The number of hydrogen-bond donors (Lipinski definition) is 0. The standard InChI is InChI=1S/C10H21O3PS/c1-8(2)14(12)13-6-7-15-9(11)10(3,4)5/h8,14H,6-7H2,1-5H3. The van der Waals surface area contributed by atoms with Crippen LogP contribution in [-0.2, 0) is 13.9 Å². The summed E-state index contributed by atoms with van der Waals surface area (Å²) in [5, 5.41) is 0.148. The van der Waals surface area contributed by atoms with E-state index >= 15 is 0 Å². The predicted octanol–water partition coefficient (Wildman–Crippen LogP) is 3.19. The zero-order chi connectivity index (χ0) is 12.1. The summed E-state index contributed by atoms with van der Waals surface area (Å²) in [7, 11) is -1.91. The summed E-state index contributed by atoms with van der Waals surface area (Å²) in [4.78, 5) is 11.5. The van der Waals surface area contributed by atoms with Gasteiger partial charge >= 0.3 is 0 Å². The first kappa shape index (κ1) is 15.2. The van der Waals surface area contributed by atoms with E-state index in [1.807, 2.05) is 34.6 Å². The number of rotatable bonds is 5. The Bertz CT molecular complexity index is 233. The number of hydrogen-bond acceptors (Lipinski definition) is 4. The van der Waals surface area contributed by atoms with Gasteiger partial charge in [0.1, 0.15) is 0 Å². The van der Waals surface area contributed by atoms with E-state index in [0.717, 1.165) is 0 Å². The van der Waals surface area contributed by atoms with Crippen molar-refractivity contribution in [1.29, 1.82) is 0 Å². The van der Waals surface area contributed by atoms with Crippen LogP contribution in [0.25, 0.3) is 0 Å². The van der Waals surface area contributed by atoms with Crippen molar-refractivity contribution in [2.24, 2.45) is 5.41 Å². The minimum Gasteiger partial charge on any atom is -0.329 e. The molecule has 0 amide bonds. The normalized spacial score (nSPS) is 14.3. The van der Waals surface area contributed by atoms with Crippen LogP contribution in [0.2, 0.25) is 0 Å². The molecule has 1 unspecified atom stereocenters. The number of thioether (sulfide) groups is 1. The Morgan fingerprint density at radius 3 is 2.33 bits per heavy atom. The summed E-state index contributed by atoms with van der Waals surface area (Å²) in [6.07, 6.45) is 0. The molecule has 0 aliphatic heterocycles. The maximum absolute atomic E-state index is 11.5. The lowest BCUT2D eigenvalue weighted by atomic mass is 10.00. The molecule has 0 aromatic rings. The van der Waals surface area contributed by atoms with Crippen molar-refractivity contribution >= 4 is 24.9 Å². The highest BCUT2D eigenvalue weighted by atomic mass is 32.2. The predicted molar refractivity (Wildman–Crippen MR) is 67.0 cm³/mol. The highest BCUT2D eigenvalue weighted by molar-refractivity contribution is 8.13. The van der Waals surface area contributed by atoms with Gasteiger partial charge in [0.05, 0.1) is 6.61 Å². The van der Waals surface area contributed by atoms with Crippen molar-refractivity contribution < 1.29 is 13.9 Å². The molecule has 0 rings (SSSR count). The van der Waals surface area contributed by atoms with Crippen molar-refractivity contribution in [2.75, 3.05) is 12.4 Å². The third kappa shape index (κ3) is 7.15. The molecular formula is C10H21O3PS. The van der Waals surface area contributed by atoms with Crippen LogP contribution in [0.3, 0.4) is 0 Å². The Balaban J connectivity index is 3.65. The van der Waals surface area contributed by atoms with Gasteiger partial charge < -0.3 is 4.52 Å². The lowest BCUT2D eigenvalue weighted by Crippen LogP contribution is -2.17. The second kappa shape index (κ2) is 6.72. The first-order chi connectivity index (χ1) is 6.75. The van der Waals surface area contributed by atoms with Crippen molar-refractivity contribution in [3.05, 3.63) is 0 Å². The fourth-order valence-electron chi connectivity index (χ4n) is 0.660. The van der Waals surface area contributed by atoms with E-state index in [1.54, 1.807) is 0 Å². The molecule has 0 radical (unpaired) electrons. The third-order valence-corrected chi connectivity index (χ3v) is 4.32. The molecule has 3 nitrogen and oxygen atoms in total. The number of carbonyl (C=O) groups is 1. The minimum absolute atomic E-state index is 0.0818. The van der Waals surface area contributed by atoms with Gasteiger partial charge in [0.15, 0.2) is 13.1 Å². The van der Waals surface area contributed by atoms with Crippen LogP contribution in [0, 0.1) is 5.41 Å². The molecule has 0 saturated carbocycles. The Labute approximate surface area is 97.2 Å². The van der Waals surface area contributed by atoms with Gasteiger partial charge in [-0.3, -0.25) is 9.36 Å². The van der Waals surface area contributed by atoms with E-state index in [1.165, 1.54) is 11.8 Å². The molecular weight excluding hydrogens is 231 g/mol. The maximum Gasteiger partial charge on any atom is 0.194 e. The molecule has 1 atom stereocenters. The maximum atomic E-state index is 11.5. The summed E-state index contributed by atoms with van der Waals surface area (Å²) >= 11 is 1.25. The van der Waals surface area contributed by atoms with Crippen LogP contribution in [0.1, 0.15) is 34.6 Å². The van der Waals surface area contributed by atoms with Crippen LogP contribution in [-0.4, -0.2) is 23.1 Å². The van der Waals surface area contributed by atoms with Gasteiger partial charge in [0.2, 0.25) is 0 Å². The van der Waals surface area contributed by atoms with Gasteiger partial charge in [-0.25, -0.2) is 0 Å². The van der Waals surface area contributed by atoms with E-state index in [2.05, 4.69) is 0 Å². The summed E-state index contributed by atoms with van der Waals surface area (Å²) in [6, 6.07) is 0. The van der Waals surface area contributed by atoms with Crippen LogP contribution in [0.4, 0.5) is 0 Å². The monoisotopic (exact) mass is 252 g/mol.